The van der Waals surface area contributed by atoms with Crippen LogP contribution < -0.4 is 4.72 Å². The Labute approximate surface area is 215 Å². The van der Waals surface area contributed by atoms with Gasteiger partial charge in [-0.25, -0.2) is 8.42 Å². The van der Waals surface area contributed by atoms with Crippen LogP contribution in [-0.2, 0) is 21.2 Å². The molecule has 1 aromatic rings. The van der Waals surface area contributed by atoms with Crippen molar-refractivity contribution in [3.05, 3.63) is 44.6 Å². The van der Waals surface area contributed by atoms with Gasteiger partial charge in [-0.2, -0.15) is 0 Å². The van der Waals surface area contributed by atoms with E-state index in [4.69, 9.17) is 0 Å². The summed E-state index contributed by atoms with van der Waals surface area (Å²) in [6.07, 6.45) is 9.00. The highest BCUT2D eigenvalue weighted by Crippen LogP contribution is 2.36. The fourth-order valence-corrected chi connectivity index (χ4v) is 6.25. The molecule has 1 aliphatic carbocycles. The van der Waals surface area contributed by atoms with Gasteiger partial charge in [-0.05, 0) is 73.9 Å². The smallest absolute Gasteiger partial charge is 0.234 e. The number of amides is 1. The number of aliphatic hydroxyl groups is 3. The van der Waals surface area contributed by atoms with E-state index in [0.29, 0.717) is 32.1 Å². The fraction of sp³-hybridized carbons (Fsp3) is 0.625. The number of hydrogen-bond donors (Lipinski definition) is 4. The van der Waals surface area contributed by atoms with Crippen LogP contribution in [0.4, 0.5) is 0 Å². The van der Waals surface area contributed by atoms with Crippen LogP contribution in [0.1, 0.15) is 55.2 Å². The summed E-state index contributed by atoms with van der Waals surface area (Å²) >= 11 is 5.22. The minimum absolute atomic E-state index is 0.125. The Kier molecular flexibility index (Phi) is 11.9. The molecule has 1 aliphatic rings. The van der Waals surface area contributed by atoms with Crippen molar-refractivity contribution in [3.8, 4) is 0 Å². The average Bonchev–Trinajstić information content (AvgIpc) is 3.23. The first kappa shape index (κ1) is 29.2. The molecule has 0 saturated heterocycles. The number of hydrogen-bond acceptors (Lipinski definition) is 7. The molecule has 0 unspecified atom stereocenters. The van der Waals surface area contributed by atoms with E-state index in [2.05, 4.69) is 22.0 Å². The summed E-state index contributed by atoms with van der Waals surface area (Å²) in [5.41, 5.74) is 0. The van der Waals surface area contributed by atoms with Crippen LogP contribution in [0.5, 0.6) is 0 Å². The minimum Gasteiger partial charge on any atom is -0.393 e. The van der Waals surface area contributed by atoms with E-state index in [1.165, 1.54) is 16.7 Å². The van der Waals surface area contributed by atoms with Crippen LogP contribution in [0.15, 0.2) is 34.8 Å². The highest BCUT2D eigenvalue weighted by Gasteiger charge is 2.39. The molecule has 4 N–H and O–H groups in total. The Hall–Kier alpha value is -1.04. The quantitative estimate of drug-likeness (QED) is 0.210. The minimum atomic E-state index is -3.52. The van der Waals surface area contributed by atoms with Crippen molar-refractivity contribution < 1.29 is 28.5 Å². The maximum atomic E-state index is 11.6. The van der Waals surface area contributed by atoms with Crippen LogP contribution in [0.25, 0.3) is 0 Å². The standard InChI is InChI=1S/C24H36BrNO6S2/c1-3-34(31,32)26-24(30)9-7-5-4-6-8-19-20(23(29)15-22(19)28)13-11-17(27)10-12-18-14-21(25)16(2)33-18/h4,6,11,13-14,17,19-20,22-23,27-29H,3,5,7-10,12,15H2,1-2H3,(H,26,30)/t17-,19+,20+,22-,23+/m0/s1. The molecular weight excluding hydrogens is 542 g/mol. The largest absolute Gasteiger partial charge is 0.393 e. The average molecular weight is 579 g/mol. The number of nitrogens with one attached hydrogen (secondary N) is 1. The number of carbonyl (C=O) groups is 1. The molecule has 0 aliphatic heterocycles. The molecule has 1 fully saturated rings. The Balaban J connectivity index is 1.78. The second kappa shape index (κ2) is 13.9. The lowest BCUT2D eigenvalue weighted by Gasteiger charge is -2.19. The third kappa shape index (κ3) is 9.54. The zero-order chi connectivity index (χ0) is 25.3. The predicted octanol–water partition coefficient (Wildman–Crippen LogP) is 3.61. The molecule has 0 radical (unpaired) electrons. The van der Waals surface area contributed by atoms with E-state index in [1.54, 1.807) is 17.4 Å². The number of thiophene rings is 1. The van der Waals surface area contributed by atoms with Gasteiger partial charge in [0.05, 0.1) is 24.1 Å². The molecule has 0 bridgehead atoms. The third-order valence-corrected chi connectivity index (χ3v) is 9.56. The molecule has 2 rings (SSSR count). The van der Waals surface area contributed by atoms with Gasteiger partial charge in [-0.1, -0.05) is 24.3 Å². The van der Waals surface area contributed by atoms with E-state index < -0.39 is 34.2 Å². The van der Waals surface area contributed by atoms with Crippen LogP contribution >= 0.6 is 27.3 Å². The number of halogens is 1. The molecule has 1 aromatic heterocycles. The highest BCUT2D eigenvalue weighted by atomic mass is 79.9. The van der Waals surface area contributed by atoms with Crippen molar-refractivity contribution in [2.24, 2.45) is 11.8 Å². The molecule has 0 aromatic carbocycles. The molecule has 5 atom stereocenters. The number of sulfonamides is 1. The molecule has 34 heavy (non-hydrogen) atoms. The normalized spacial score (nSPS) is 24.3. The van der Waals surface area contributed by atoms with Crippen LogP contribution in [0.3, 0.4) is 0 Å². The number of unbranched alkanes of at least 4 members (excludes halogenated alkanes) is 1. The summed E-state index contributed by atoms with van der Waals surface area (Å²) in [4.78, 5) is 14.1. The summed E-state index contributed by atoms with van der Waals surface area (Å²) < 4.78 is 25.9. The molecule has 10 heteroatoms. The van der Waals surface area contributed by atoms with Gasteiger partial charge in [0.25, 0.3) is 0 Å². The van der Waals surface area contributed by atoms with Crippen LogP contribution in [0.2, 0.25) is 0 Å². The second-order valence-electron chi connectivity index (χ2n) is 8.75. The lowest BCUT2D eigenvalue weighted by atomic mass is 9.89. The highest BCUT2D eigenvalue weighted by molar-refractivity contribution is 9.10. The van der Waals surface area contributed by atoms with Crippen molar-refractivity contribution >= 4 is 43.2 Å². The van der Waals surface area contributed by atoms with Crippen molar-refractivity contribution in [2.45, 2.75) is 77.1 Å². The number of allylic oxidation sites excluding steroid dienone is 2. The maximum absolute atomic E-state index is 11.6. The van der Waals surface area contributed by atoms with Gasteiger partial charge in [-0.15, -0.1) is 11.3 Å². The SMILES string of the molecule is CCS(=O)(=O)NC(=O)CCCC=CC[C@@H]1[C@@H](C=C[C@@H](O)CCc2cc(Br)c(C)s2)[C@H](O)C[C@@H]1O. The van der Waals surface area contributed by atoms with Gasteiger partial charge < -0.3 is 15.3 Å². The Morgan fingerprint density at radius 2 is 2.06 bits per heavy atom. The fourth-order valence-electron chi connectivity index (χ4n) is 4.04. The summed E-state index contributed by atoms with van der Waals surface area (Å²) in [7, 11) is -3.52. The zero-order valence-corrected chi connectivity index (χ0v) is 22.9. The van der Waals surface area contributed by atoms with Crippen LogP contribution in [-0.4, -0.2) is 53.7 Å². The van der Waals surface area contributed by atoms with Gasteiger partial charge >= 0.3 is 0 Å². The van der Waals surface area contributed by atoms with E-state index in [9.17, 15) is 28.5 Å². The summed E-state index contributed by atoms with van der Waals surface area (Å²) in [6, 6.07) is 2.08. The first-order valence-corrected chi connectivity index (χ1v) is 14.9. The second-order valence-corrected chi connectivity index (χ2v) is 13.0. The summed E-state index contributed by atoms with van der Waals surface area (Å²) in [5.74, 6) is -1.02. The number of rotatable bonds is 13. The molecule has 1 amide bonds. The van der Waals surface area contributed by atoms with E-state index >= 15 is 0 Å². The maximum Gasteiger partial charge on any atom is 0.234 e. The first-order valence-electron chi connectivity index (χ1n) is 11.7. The third-order valence-electron chi connectivity index (χ3n) is 6.07. The summed E-state index contributed by atoms with van der Waals surface area (Å²) in [6.45, 7) is 3.52. The lowest BCUT2D eigenvalue weighted by Crippen LogP contribution is -2.31. The number of aliphatic hydroxyl groups excluding tert-OH is 3. The van der Waals surface area contributed by atoms with Crippen molar-refractivity contribution in [1.82, 2.24) is 4.72 Å². The number of carbonyl (C=O) groups excluding carboxylic acids is 1. The van der Waals surface area contributed by atoms with Crippen molar-refractivity contribution in [3.63, 3.8) is 0 Å². The zero-order valence-electron chi connectivity index (χ0n) is 19.7. The Bertz CT molecular complexity index is 939. The van der Waals surface area contributed by atoms with Gasteiger partial charge in [0.15, 0.2) is 0 Å². The lowest BCUT2D eigenvalue weighted by molar-refractivity contribution is -0.119. The molecule has 192 valence electrons. The molecule has 1 heterocycles. The molecule has 7 nitrogen and oxygen atoms in total. The Morgan fingerprint density at radius 1 is 1.32 bits per heavy atom. The monoisotopic (exact) mass is 577 g/mol. The predicted molar refractivity (Wildman–Crippen MR) is 139 cm³/mol. The van der Waals surface area contributed by atoms with Crippen LogP contribution in [0, 0.1) is 18.8 Å². The molecule has 0 spiro atoms. The first-order chi connectivity index (χ1) is 16.0. The van der Waals surface area contributed by atoms with Gasteiger partial charge in [-0.3, -0.25) is 9.52 Å². The van der Waals surface area contributed by atoms with E-state index in [0.717, 1.165) is 10.9 Å². The van der Waals surface area contributed by atoms with Gasteiger partial charge in [0, 0.05) is 33.0 Å². The summed E-state index contributed by atoms with van der Waals surface area (Å²) in [5, 5.41) is 31.1. The van der Waals surface area contributed by atoms with Gasteiger partial charge in [0.1, 0.15) is 0 Å². The van der Waals surface area contributed by atoms with Crippen molar-refractivity contribution in [2.75, 3.05) is 5.75 Å². The topological polar surface area (TPSA) is 124 Å². The van der Waals surface area contributed by atoms with E-state index in [1.807, 2.05) is 29.9 Å². The van der Waals surface area contributed by atoms with Crippen molar-refractivity contribution in [1.29, 1.82) is 0 Å². The number of aryl methyl sites for hydroxylation is 2. The van der Waals surface area contributed by atoms with E-state index in [-0.39, 0.29) is 24.0 Å². The molecule has 1 saturated carbocycles. The van der Waals surface area contributed by atoms with Gasteiger partial charge in [0.2, 0.25) is 15.9 Å². The molecular formula is C24H36BrNO6S2. The Morgan fingerprint density at radius 3 is 2.71 bits per heavy atom.